The summed E-state index contributed by atoms with van der Waals surface area (Å²) in [7, 11) is 6.68. The zero-order chi connectivity index (χ0) is 29.1. The molecule has 0 spiro atoms. The standard InChI is InChI=1S/C27H36N4O8/c1-6-12(32)10-29-15-9-16(30(2)3)13-7-11-8-14-20(31(4)5)23(35)19(26(28)38)25(37)27(14,39)24(36)17(11)22(34)18(13)21(15)33/h9,11-12,14,20,29,32-34,37,39H,6-8,10H2,1-5H3,(H2,28,38)/t11-,12?,14-,20-,27-/m1/s1. The normalized spacial score (nSPS) is 27.2. The highest BCUT2D eigenvalue weighted by Crippen LogP contribution is 2.54. The van der Waals surface area contributed by atoms with Gasteiger partial charge in [0.05, 0.1) is 23.4 Å². The number of aromatic hydroxyl groups is 1. The molecule has 5 atom stereocenters. The van der Waals surface area contributed by atoms with Gasteiger partial charge in [-0.05, 0) is 50.9 Å². The number of phenols is 1. The van der Waals surface area contributed by atoms with Gasteiger partial charge < -0.3 is 41.5 Å². The lowest BCUT2D eigenvalue weighted by Gasteiger charge is -2.50. The number of amides is 1. The number of hydrogen-bond donors (Lipinski definition) is 7. The van der Waals surface area contributed by atoms with Crippen molar-refractivity contribution in [3.05, 3.63) is 34.1 Å². The van der Waals surface area contributed by atoms with Crippen LogP contribution in [0.4, 0.5) is 11.4 Å². The van der Waals surface area contributed by atoms with Crippen LogP contribution in [0.15, 0.2) is 23.0 Å². The van der Waals surface area contributed by atoms with Gasteiger partial charge in [0.1, 0.15) is 22.8 Å². The van der Waals surface area contributed by atoms with E-state index in [1.165, 1.54) is 4.90 Å². The number of primary amides is 1. The van der Waals surface area contributed by atoms with E-state index < -0.39 is 64.1 Å². The molecule has 8 N–H and O–H groups in total. The molecule has 12 heteroatoms. The van der Waals surface area contributed by atoms with Crippen molar-refractivity contribution in [2.24, 2.45) is 17.6 Å². The molecule has 0 aromatic heterocycles. The van der Waals surface area contributed by atoms with Crippen LogP contribution in [0.2, 0.25) is 0 Å². The van der Waals surface area contributed by atoms with E-state index in [9.17, 15) is 39.9 Å². The predicted octanol–water partition coefficient (Wildman–Crippen LogP) is 0.213. The molecule has 0 radical (unpaired) electrons. The number of carbonyl (C=O) groups excluding carboxylic acids is 3. The molecule has 1 aromatic rings. The van der Waals surface area contributed by atoms with Crippen LogP contribution < -0.4 is 16.0 Å². The third-order valence-electron chi connectivity index (χ3n) is 8.18. The first-order chi connectivity index (χ1) is 18.2. The number of benzene rings is 1. The first-order valence-corrected chi connectivity index (χ1v) is 12.8. The van der Waals surface area contributed by atoms with Crippen molar-refractivity contribution in [1.82, 2.24) is 4.90 Å². The highest BCUT2D eigenvalue weighted by atomic mass is 16.3. The number of rotatable bonds is 7. The summed E-state index contributed by atoms with van der Waals surface area (Å²) in [6.07, 6.45) is -0.000574. The fourth-order valence-electron chi connectivity index (χ4n) is 6.20. The number of carbonyl (C=O) groups is 3. The lowest BCUT2D eigenvalue weighted by molar-refractivity contribution is -0.153. The number of hydrogen-bond acceptors (Lipinski definition) is 11. The maximum absolute atomic E-state index is 14.0. The Balaban J connectivity index is 1.94. The summed E-state index contributed by atoms with van der Waals surface area (Å²) >= 11 is 0. The second-order valence-corrected chi connectivity index (χ2v) is 10.9. The van der Waals surface area contributed by atoms with Crippen LogP contribution in [-0.4, -0.2) is 100 Å². The zero-order valence-corrected chi connectivity index (χ0v) is 22.6. The Morgan fingerprint density at radius 3 is 2.38 bits per heavy atom. The monoisotopic (exact) mass is 544 g/mol. The summed E-state index contributed by atoms with van der Waals surface area (Å²) in [6.45, 7) is 1.94. The summed E-state index contributed by atoms with van der Waals surface area (Å²) in [5.41, 5.74) is 3.03. The first kappa shape index (κ1) is 28.4. The van der Waals surface area contributed by atoms with Crippen LogP contribution in [-0.2, 0) is 20.8 Å². The van der Waals surface area contributed by atoms with Crippen molar-refractivity contribution in [3.8, 4) is 5.75 Å². The van der Waals surface area contributed by atoms with Gasteiger partial charge in [-0.15, -0.1) is 0 Å². The third kappa shape index (κ3) is 4.14. The number of ketones is 2. The van der Waals surface area contributed by atoms with Gasteiger partial charge in [-0.2, -0.15) is 0 Å². The third-order valence-corrected chi connectivity index (χ3v) is 8.18. The highest BCUT2D eigenvalue weighted by molar-refractivity contribution is 6.24. The van der Waals surface area contributed by atoms with Crippen molar-refractivity contribution in [1.29, 1.82) is 0 Å². The zero-order valence-electron chi connectivity index (χ0n) is 22.6. The summed E-state index contributed by atoms with van der Waals surface area (Å²) in [5.74, 6) is -6.96. The lowest BCUT2D eigenvalue weighted by Crippen LogP contribution is -2.65. The molecule has 0 saturated heterocycles. The van der Waals surface area contributed by atoms with Gasteiger partial charge in [0.2, 0.25) is 5.78 Å². The molecule has 3 aliphatic carbocycles. The number of likely N-dealkylation sites (N-methyl/N-ethyl adjacent to an activating group) is 1. The van der Waals surface area contributed by atoms with Crippen molar-refractivity contribution in [2.45, 2.75) is 43.9 Å². The van der Waals surface area contributed by atoms with E-state index in [2.05, 4.69) is 5.32 Å². The topological polar surface area (TPSA) is 197 Å². The largest absolute Gasteiger partial charge is 0.508 e. The average Bonchev–Trinajstić information content (AvgIpc) is 2.84. The highest BCUT2D eigenvalue weighted by Gasteiger charge is 2.64. The molecule has 0 bridgehead atoms. The number of nitrogens with zero attached hydrogens (tertiary/aromatic N) is 2. The van der Waals surface area contributed by atoms with Gasteiger partial charge in [0.15, 0.2) is 11.4 Å². The van der Waals surface area contributed by atoms with E-state index in [1.54, 1.807) is 46.1 Å². The molecule has 1 aromatic carbocycles. The van der Waals surface area contributed by atoms with E-state index >= 15 is 0 Å². The number of nitrogens with two attached hydrogens (primary N) is 1. The minimum Gasteiger partial charge on any atom is -0.508 e. The SMILES string of the molecule is CCC(O)CNc1cc(N(C)C)c2c(c1O)C(O)=C1C(=O)[C@@]3(O)C(O)=C(C(N)=O)C(=O)[C@H](N(C)C)[C@H]3C[C@H]1C2. The van der Waals surface area contributed by atoms with Crippen LogP contribution in [0, 0.1) is 11.8 Å². The number of aliphatic hydroxyl groups is 4. The minimum atomic E-state index is -2.69. The van der Waals surface area contributed by atoms with Crippen LogP contribution in [0.5, 0.6) is 5.75 Å². The van der Waals surface area contributed by atoms with Gasteiger partial charge in [-0.3, -0.25) is 19.3 Å². The second kappa shape index (κ2) is 9.85. The predicted molar refractivity (Wildman–Crippen MR) is 143 cm³/mol. The molecule has 212 valence electrons. The Morgan fingerprint density at radius 2 is 1.85 bits per heavy atom. The Bertz CT molecular complexity index is 1320. The molecule has 1 saturated carbocycles. The van der Waals surface area contributed by atoms with E-state index in [1.807, 2.05) is 0 Å². The maximum Gasteiger partial charge on any atom is 0.255 e. The number of aliphatic hydroxyl groups excluding tert-OH is 3. The fraction of sp³-hybridized carbons (Fsp3) is 0.519. The smallest absolute Gasteiger partial charge is 0.255 e. The van der Waals surface area contributed by atoms with E-state index in [0.717, 1.165) is 0 Å². The van der Waals surface area contributed by atoms with Gasteiger partial charge in [-0.25, -0.2) is 0 Å². The average molecular weight is 545 g/mol. The molecule has 1 unspecified atom stereocenters. The fourth-order valence-corrected chi connectivity index (χ4v) is 6.20. The second-order valence-electron chi connectivity index (χ2n) is 10.9. The number of Topliss-reactive ketones (excluding diaryl/α,β-unsaturated/α-hetero) is 2. The minimum absolute atomic E-state index is 0.00835. The number of anilines is 2. The summed E-state index contributed by atoms with van der Waals surface area (Å²) in [6, 6.07) is 0.553. The molecule has 12 nitrogen and oxygen atoms in total. The Morgan fingerprint density at radius 1 is 1.21 bits per heavy atom. The van der Waals surface area contributed by atoms with Gasteiger partial charge in [0.25, 0.3) is 5.91 Å². The molecular weight excluding hydrogens is 508 g/mol. The first-order valence-electron chi connectivity index (χ1n) is 12.8. The van der Waals surface area contributed by atoms with Crippen LogP contribution in [0.3, 0.4) is 0 Å². The van der Waals surface area contributed by atoms with Gasteiger partial charge in [0, 0.05) is 37.8 Å². The van der Waals surface area contributed by atoms with Gasteiger partial charge >= 0.3 is 0 Å². The molecule has 0 aliphatic heterocycles. The molecule has 1 fully saturated rings. The van der Waals surface area contributed by atoms with Gasteiger partial charge in [-0.1, -0.05) is 6.92 Å². The Labute approximate surface area is 226 Å². The van der Waals surface area contributed by atoms with Crippen molar-refractivity contribution in [3.63, 3.8) is 0 Å². The molecule has 1 amide bonds. The summed E-state index contributed by atoms with van der Waals surface area (Å²) < 4.78 is 0. The lowest BCUT2D eigenvalue weighted by atomic mass is 9.57. The Kier molecular flexibility index (Phi) is 7.17. The molecule has 3 aliphatic rings. The number of phenolic OH excluding ortho intramolecular Hbond substituents is 1. The molecule has 39 heavy (non-hydrogen) atoms. The van der Waals surface area contributed by atoms with Crippen molar-refractivity contribution < 1.29 is 39.9 Å². The molecule has 0 heterocycles. The van der Waals surface area contributed by atoms with Crippen LogP contribution >= 0.6 is 0 Å². The van der Waals surface area contributed by atoms with Crippen LogP contribution in [0.1, 0.15) is 30.9 Å². The van der Waals surface area contributed by atoms with E-state index in [0.29, 0.717) is 17.7 Å². The maximum atomic E-state index is 14.0. The number of fused-ring (bicyclic) bond motifs is 3. The van der Waals surface area contributed by atoms with Crippen molar-refractivity contribution >= 4 is 34.6 Å². The number of nitrogens with one attached hydrogen (secondary N) is 1. The Hall–Kier alpha value is -3.61. The van der Waals surface area contributed by atoms with E-state index in [-0.39, 0.29) is 42.0 Å². The molecule has 4 rings (SSSR count). The summed E-state index contributed by atoms with van der Waals surface area (Å²) in [5, 5.41) is 58.3. The summed E-state index contributed by atoms with van der Waals surface area (Å²) in [4.78, 5) is 42.5. The van der Waals surface area contributed by atoms with Crippen LogP contribution in [0.25, 0.3) is 5.76 Å². The quantitative estimate of drug-likeness (QED) is 0.183. The molecular formula is C27H36N4O8. The van der Waals surface area contributed by atoms with Crippen molar-refractivity contribution in [2.75, 3.05) is 45.0 Å². The van der Waals surface area contributed by atoms with E-state index in [4.69, 9.17) is 5.73 Å².